The number of aryl methyl sites for hydroxylation is 5. The van der Waals surface area contributed by atoms with E-state index in [1.165, 1.54) is 18.4 Å². The number of hydrogen-bond donors (Lipinski definition) is 0. The third kappa shape index (κ3) is 91.9. The predicted octanol–water partition coefficient (Wildman–Crippen LogP) is 20.3. The van der Waals surface area contributed by atoms with Crippen molar-refractivity contribution in [2.75, 3.05) is 0 Å². The van der Waals surface area contributed by atoms with Gasteiger partial charge >= 0.3 is 0 Å². The third-order valence-electron chi connectivity index (χ3n) is 5.48. The zero-order chi connectivity index (χ0) is 57.7. The van der Waals surface area contributed by atoms with Gasteiger partial charge in [0.1, 0.15) is 6.26 Å². The highest BCUT2D eigenvalue weighted by Crippen LogP contribution is 1.92. The minimum atomic E-state index is 0. The van der Waals surface area contributed by atoms with E-state index in [0.29, 0.717) is 0 Å². The molecule has 0 amide bonds. The Morgan fingerprint density at radius 2 is 0.743 bits per heavy atom. The molecule has 15 heteroatoms. The molecule has 424 valence electrons. The highest BCUT2D eigenvalue weighted by molar-refractivity contribution is 7.08. The number of aromatic nitrogens is 9. The minimum Gasteiger partial charge on any atom is -0.473 e. The molecule has 10 heterocycles. The van der Waals surface area contributed by atoms with Crippen LogP contribution in [0.5, 0.6) is 0 Å². The van der Waals surface area contributed by atoms with Crippen LogP contribution in [0.2, 0.25) is 0 Å². The lowest BCUT2D eigenvalue weighted by atomic mass is 10.5. The molecule has 74 heavy (non-hydrogen) atoms. The van der Waals surface area contributed by atoms with Gasteiger partial charge in [0.25, 0.3) is 0 Å². The maximum absolute atomic E-state index is 4.58. The Morgan fingerprint density at radius 1 is 0.351 bits per heavy atom. The van der Waals surface area contributed by atoms with Crippen molar-refractivity contribution in [3.05, 3.63) is 211 Å². The fourth-order valence-electron chi connectivity index (χ4n) is 2.75. The summed E-state index contributed by atoms with van der Waals surface area (Å²) in [7, 11) is 7.85. The standard InChI is InChI=1S/C5H8N2.C5H7N.2C4H6N2.2C4H4O.2C4H4S.C3H3NO.C3H3NS.9C2H6.CH4/c1-5-3-6-4-7(5)2;1-6-4-2-3-5-6;2*1-6-3-2-5-4-6;4*1-2-4-5-3-1;2*1-2-5-3-4-1;9*1-2;/h3-4H,1-2H3;2-5H,1H3;2*2-4H,1H3;4*1-4H;2*1-3H;9*1-2H3;1H4. The Bertz CT molecular complexity index is 1540. The number of thiazole rings is 1. The summed E-state index contributed by atoms with van der Waals surface area (Å²) in [6, 6.07) is 19.4. The van der Waals surface area contributed by atoms with E-state index < -0.39 is 0 Å². The van der Waals surface area contributed by atoms with E-state index in [1.54, 1.807) is 108 Å². The van der Waals surface area contributed by atoms with Gasteiger partial charge in [0.05, 0.1) is 55.7 Å². The normalized spacial score (nSPS) is 7.01. The summed E-state index contributed by atoms with van der Waals surface area (Å²) in [6.07, 6.45) is 31.1. The zero-order valence-corrected chi connectivity index (χ0v) is 52.1. The summed E-state index contributed by atoms with van der Waals surface area (Å²) in [5.41, 5.74) is 2.99. The highest BCUT2D eigenvalue weighted by atomic mass is 32.1. The third-order valence-corrected chi connectivity index (χ3v) is 7.26. The SMILES string of the molecule is C.CC.CC.CC.CC.CC.CC.CC.CC.CC.Cc1cncn1C.Cn1cccc1.Cn1ccnc1.Cn1ccnc1.c1ccoc1.c1ccoc1.c1ccsc1.c1ccsc1.c1cocn1.c1cscn1. The number of hydrogen-bond acceptors (Lipinski definition) is 11. The first-order valence-electron chi connectivity index (χ1n) is 25.4. The van der Waals surface area contributed by atoms with Crippen LogP contribution < -0.4 is 0 Å². The molecule has 0 bridgehead atoms. The van der Waals surface area contributed by atoms with Crippen molar-refractivity contribution in [2.45, 2.75) is 139 Å². The Morgan fingerprint density at radius 3 is 0.838 bits per heavy atom. The Balaban J connectivity index is -0.0000000743. The van der Waals surface area contributed by atoms with Gasteiger partial charge in [-0.2, -0.15) is 22.7 Å². The summed E-state index contributed by atoms with van der Waals surface area (Å²) in [5.74, 6) is 0. The Hall–Kier alpha value is -6.29. The van der Waals surface area contributed by atoms with E-state index in [4.69, 9.17) is 0 Å². The molecule has 12 nitrogen and oxygen atoms in total. The molecule has 0 fully saturated rings. The molecule has 0 N–H and O–H groups in total. The molecular formula is C59H107N9O3S3. The molecule has 0 aromatic carbocycles. The molecule has 10 aromatic heterocycles. The average molecular weight is 1090 g/mol. The monoisotopic (exact) mass is 1090 g/mol. The van der Waals surface area contributed by atoms with Crippen LogP contribution in [0.1, 0.15) is 138 Å². The molecule has 0 aliphatic carbocycles. The van der Waals surface area contributed by atoms with Gasteiger partial charge in [-0.25, -0.2) is 19.9 Å². The fourth-order valence-corrected chi connectivity index (χ4v) is 4.01. The maximum atomic E-state index is 4.58. The van der Waals surface area contributed by atoms with E-state index in [2.05, 4.69) is 38.2 Å². The second-order valence-electron chi connectivity index (χ2n) is 9.97. The predicted molar refractivity (Wildman–Crippen MR) is 333 cm³/mol. The van der Waals surface area contributed by atoms with Crippen LogP contribution in [0.25, 0.3) is 0 Å². The van der Waals surface area contributed by atoms with Gasteiger partial charge in [0.15, 0.2) is 6.39 Å². The molecule has 10 rings (SSSR count). The average Bonchev–Trinajstić information content (AvgIpc) is 4.29. The van der Waals surface area contributed by atoms with Gasteiger partial charge in [-0.15, -0.1) is 11.3 Å². The molecular weight excluding hydrogens is 979 g/mol. The van der Waals surface area contributed by atoms with Crippen molar-refractivity contribution < 1.29 is 13.3 Å². The molecule has 0 unspecified atom stereocenters. The van der Waals surface area contributed by atoms with Gasteiger partial charge in [-0.1, -0.05) is 156 Å². The quantitative estimate of drug-likeness (QED) is 0.147. The van der Waals surface area contributed by atoms with E-state index in [-0.39, 0.29) is 7.43 Å². The number of imidazole rings is 3. The molecule has 0 saturated heterocycles. The van der Waals surface area contributed by atoms with Crippen LogP contribution in [0, 0.1) is 6.92 Å². The fraction of sp³-hybridized carbons (Fsp3) is 0.407. The van der Waals surface area contributed by atoms with Crippen LogP contribution in [0.4, 0.5) is 0 Å². The van der Waals surface area contributed by atoms with E-state index >= 15 is 0 Å². The zero-order valence-electron chi connectivity index (χ0n) is 49.6. The van der Waals surface area contributed by atoms with Crippen LogP contribution >= 0.6 is 34.0 Å². The summed E-state index contributed by atoms with van der Waals surface area (Å²) < 4.78 is 21.4. The van der Waals surface area contributed by atoms with Crippen molar-refractivity contribution in [2.24, 2.45) is 28.2 Å². The molecule has 0 aliphatic heterocycles. The van der Waals surface area contributed by atoms with Crippen LogP contribution in [0.3, 0.4) is 0 Å². The van der Waals surface area contributed by atoms with Crippen molar-refractivity contribution in [1.29, 1.82) is 0 Å². The molecule has 0 aliphatic rings. The van der Waals surface area contributed by atoms with Crippen LogP contribution in [-0.4, -0.2) is 43.2 Å². The van der Waals surface area contributed by atoms with Gasteiger partial charge in [-0.3, -0.25) is 4.98 Å². The number of furan rings is 2. The summed E-state index contributed by atoms with van der Waals surface area (Å²) >= 11 is 5.03. The number of nitrogens with zero attached hydrogens (tertiary/aromatic N) is 9. The molecule has 0 atom stereocenters. The topological polar surface area (TPSA) is 124 Å². The first-order valence-corrected chi connectivity index (χ1v) is 28.2. The summed E-state index contributed by atoms with van der Waals surface area (Å²) in [6.45, 7) is 38.0. The summed E-state index contributed by atoms with van der Waals surface area (Å²) in [4.78, 5) is 18.8. The van der Waals surface area contributed by atoms with Crippen molar-refractivity contribution in [3.8, 4) is 0 Å². The molecule has 0 saturated carbocycles. The lowest BCUT2D eigenvalue weighted by Crippen LogP contribution is -1.84. The lowest BCUT2D eigenvalue weighted by molar-refractivity contribution is 0.558. The largest absolute Gasteiger partial charge is 0.473 e. The Kier molecular flexibility index (Phi) is 122. The van der Waals surface area contributed by atoms with E-state index in [9.17, 15) is 0 Å². The first kappa shape index (κ1) is 90.5. The van der Waals surface area contributed by atoms with Crippen molar-refractivity contribution in [3.63, 3.8) is 0 Å². The second-order valence-corrected chi connectivity index (χ2v) is 12.4. The number of rotatable bonds is 0. The lowest BCUT2D eigenvalue weighted by Gasteiger charge is -1.87. The van der Waals surface area contributed by atoms with Gasteiger partial charge in [-0.05, 0) is 64.8 Å². The Labute approximate surface area is 466 Å². The van der Waals surface area contributed by atoms with E-state index in [0.717, 1.165) is 0 Å². The first-order chi connectivity index (χ1) is 36.0. The summed E-state index contributed by atoms with van der Waals surface area (Å²) in [5, 5.41) is 10.1. The number of thiophene rings is 2. The number of oxazole rings is 1. The van der Waals surface area contributed by atoms with E-state index in [1.807, 2.05) is 297 Å². The van der Waals surface area contributed by atoms with Crippen molar-refractivity contribution in [1.82, 2.24) is 43.2 Å². The molecule has 0 spiro atoms. The minimum absolute atomic E-state index is 0. The molecule has 0 radical (unpaired) electrons. The van der Waals surface area contributed by atoms with Gasteiger partial charge in [0.2, 0.25) is 0 Å². The highest BCUT2D eigenvalue weighted by Gasteiger charge is 1.83. The smallest absolute Gasteiger partial charge is 0.180 e. The van der Waals surface area contributed by atoms with Crippen LogP contribution in [-0.2, 0) is 28.2 Å². The van der Waals surface area contributed by atoms with Gasteiger partial charge < -0.3 is 31.5 Å². The molecule has 10 aromatic rings. The second kappa shape index (κ2) is 99.8. The van der Waals surface area contributed by atoms with Crippen LogP contribution in [0.15, 0.2) is 219 Å². The maximum Gasteiger partial charge on any atom is 0.180 e. The van der Waals surface area contributed by atoms with Crippen molar-refractivity contribution >= 4 is 34.0 Å². The van der Waals surface area contributed by atoms with Gasteiger partial charge in [0, 0.05) is 88.8 Å².